The van der Waals surface area contributed by atoms with Crippen molar-refractivity contribution in [2.24, 2.45) is 0 Å². The van der Waals surface area contributed by atoms with E-state index in [-0.39, 0.29) is 59.1 Å². The third-order valence-corrected chi connectivity index (χ3v) is 1.54. The van der Waals surface area contributed by atoms with E-state index < -0.39 is 0 Å². The van der Waals surface area contributed by atoms with Crippen molar-refractivity contribution in [3.63, 3.8) is 0 Å². The third kappa shape index (κ3) is 4.90. The Morgan fingerprint density at radius 1 is 1.17 bits per heavy atom. The molecule has 1 aromatic carbocycles. The topological polar surface area (TPSA) is 20.2 Å². The molecule has 0 spiro atoms. The molecule has 3 heteroatoms. The summed E-state index contributed by atoms with van der Waals surface area (Å²) < 4.78 is 0. The molecule has 0 radical (unpaired) electrons. The van der Waals surface area contributed by atoms with Gasteiger partial charge in [0.15, 0.2) is 0 Å². The van der Waals surface area contributed by atoms with Crippen LogP contribution in [0.25, 0.3) is 0 Å². The molecular formula is C9H14Na2O. The molecule has 0 aliphatic heterocycles. The van der Waals surface area contributed by atoms with Gasteiger partial charge in [0.1, 0.15) is 5.75 Å². The Labute approximate surface area is 118 Å². The van der Waals surface area contributed by atoms with Gasteiger partial charge in [-0.05, 0) is 23.6 Å². The molecule has 1 rings (SSSR count). The molecule has 0 fully saturated rings. The van der Waals surface area contributed by atoms with Crippen molar-refractivity contribution in [3.05, 3.63) is 29.8 Å². The second-order valence-electron chi connectivity index (χ2n) is 2.75. The van der Waals surface area contributed by atoms with Gasteiger partial charge in [-0.15, -0.1) is 0 Å². The van der Waals surface area contributed by atoms with E-state index in [1.165, 1.54) is 5.56 Å². The van der Waals surface area contributed by atoms with Crippen LogP contribution in [0, 0.1) is 0 Å². The minimum absolute atomic E-state index is 0. The number of hydrogen-bond acceptors (Lipinski definition) is 1. The summed E-state index contributed by atoms with van der Waals surface area (Å²) in [5.41, 5.74) is 1.18. The Hall–Kier alpha value is 1.02. The first-order chi connectivity index (χ1) is 4.70. The molecule has 0 bridgehead atoms. The molecule has 0 heterocycles. The Morgan fingerprint density at radius 3 is 2.08 bits per heavy atom. The van der Waals surface area contributed by atoms with Gasteiger partial charge >= 0.3 is 59.1 Å². The van der Waals surface area contributed by atoms with Crippen LogP contribution in [0.2, 0.25) is 0 Å². The van der Waals surface area contributed by atoms with E-state index in [1.54, 1.807) is 12.1 Å². The molecule has 12 heavy (non-hydrogen) atoms. The fraction of sp³-hybridized carbons (Fsp3) is 0.333. The van der Waals surface area contributed by atoms with E-state index in [9.17, 15) is 0 Å². The Balaban J connectivity index is 0. The van der Waals surface area contributed by atoms with Gasteiger partial charge in [-0.3, -0.25) is 0 Å². The Morgan fingerprint density at radius 2 is 1.75 bits per heavy atom. The summed E-state index contributed by atoms with van der Waals surface area (Å²) in [5, 5.41) is 9.06. The van der Waals surface area contributed by atoms with Crippen molar-refractivity contribution in [2.45, 2.75) is 19.8 Å². The van der Waals surface area contributed by atoms with E-state index in [4.69, 9.17) is 5.11 Å². The first kappa shape index (κ1) is 15.5. The second kappa shape index (κ2) is 7.43. The number of hydrogen-bond donors (Lipinski definition) is 1. The number of aromatic hydroxyl groups is 1. The van der Waals surface area contributed by atoms with Crippen LogP contribution >= 0.6 is 0 Å². The summed E-state index contributed by atoms with van der Waals surface area (Å²) in [6, 6.07) is 7.37. The van der Waals surface area contributed by atoms with Crippen LogP contribution in [0.3, 0.4) is 0 Å². The molecule has 0 saturated heterocycles. The van der Waals surface area contributed by atoms with Crippen molar-refractivity contribution in [2.75, 3.05) is 0 Å². The summed E-state index contributed by atoms with van der Waals surface area (Å²) in [4.78, 5) is 0. The molecule has 58 valence electrons. The molecule has 0 atom stereocenters. The number of phenols is 1. The van der Waals surface area contributed by atoms with Gasteiger partial charge < -0.3 is 5.11 Å². The van der Waals surface area contributed by atoms with Gasteiger partial charge in [-0.2, -0.15) is 0 Å². The van der Waals surface area contributed by atoms with Crippen LogP contribution in [0.4, 0.5) is 0 Å². The molecule has 1 N–H and O–H groups in total. The Bertz CT molecular complexity index is 224. The van der Waals surface area contributed by atoms with Crippen LogP contribution in [-0.2, 0) is 0 Å². The van der Waals surface area contributed by atoms with Crippen molar-refractivity contribution in [3.8, 4) is 5.75 Å². The van der Waals surface area contributed by atoms with E-state index in [0.717, 1.165) is 0 Å². The molecule has 1 nitrogen and oxygen atoms in total. The van der Waals surface area contributed by atoms with Gasteiger partial charge in [0.2, 0.25) is 0 Å². The maximum atomic E-state index is 9.06. The number of benzene rings is 1. The normalized spacial score (nSPS) is 8.58. The SMILES string of the molecule is CC(C)c1cccc(O)c1.[NaH].[NaH]. The van der Waals surface area contributed by atoms with Crippen molar-refractivity contribution < 1.29 is 5.11 Å². The monoisotopic (exact) mass is 184 g/mol. The molecule has 0 amide bonds. The van der Waals surface area contributed by atoms with Crippen LogP contribution in [0.5, 0.6) is 5.75 Å². The van der Waals surface area contributed by atoms with E-state index in [1.807, 2.05) is 12.1 Å². The fourth-order valence-electron chi connectivity index (χ4n) is 0.884. The first-order valence-electron chi connectivity index (χ1n) is 3.49. The van der Waals surface area contributed by atoms with E-state index in [0.29, 0.717) is 11.7 Å². The fourth-order valence-corrected chi connectivity index (χ4v) is 0.884. The van der Waals surface area contributed by atoms with Gasteiger partial charge in [0, 0.05) is 0 Å². The predicted octanol–water partition coefficient (Wildman–Crippen LogP) is 1.22. The van der Waals surface area contributed by atoms with Gasteiger partial charge in [-0.1, -0.05) is 26.0 Å². The van der Waals surface area contributed by atoms with Crippen LogP contribution in [-0.4, -0.2) is 64.2 Å². The first-order valence-corrected chi connectivity index (χ1v) is 3.49. The molecule has 1 aromatic rings. The zero-order valence-electron chi connectivity index (χ0n) is 6.33. The van der Waals surface area contributed by atoms with Gasteiger partial charge in [0.05, 0.1) is 0 Å². The molecule has 0 unspecified atom stereocenters. The zero-order valence-corrected chi connectivity index (χ0v) is 6.33. The van der Waals surface area contributed by atoms with Crippen molar-refractivity contribution in [1.29, 1.82) is 0 Å². The average Bonchev–Trinajstić information content (AvgIpc) is 1.88. The van der Waals surface area contributed by atoms with Crippen LogP contribution in [0.15, 0.2) is 24.3 Å². The van der Waals surface area contributed by atoms with Crippen LogP contribution in [0.1, 0.15) is 25.3 Å². The minimum atomic E-state index is 0. The maximum absolute atomic E-state index is 9.06. The zero-order chi connectivity index (χ0) is 7.56. The van der Waals surface area contributed by atoms with E-state index in [2.05, 4.69) is 13.8 Å². The van der Waals surface area contributed by atoms with Gasteiger partial charge in [-0.25, -0.2) is 0 Å². The summed E-state index contributed by atoms with van der Waals surface area (Å²) in [6.07, 6.45) is 0. The predicted molar refractivity (Wildman–Crippen MR) is 56.5 cm³/mol. The molecule has 0 saturated carbocycles. The van der Waals surface area contributed by atoms with E-state index >= 15 is 0 Å². The molecule has 0 aromatic heterocycles. The van der Waals surface area contributed by atoms with Crippen molar-refractivity contribution in [1.82, 2.24) is 0 Å². The third-order valence-electron chi connectivity index (χ3n) is 1.54. The van der Waals surface area contributed by atoms with Crippen molar-refractivity contribution >= 4 is 59.1 Å². The number of rotatable bonds is 1. The van der Waals surface area contributed by atoms with Gasteiger partial charge in [0.25, 0.3) is 0 Å². The summed E-state index contributed by atoms with van der Waals surface area (Å²) in [7, 11) is 0. The molecular weight excluding hydrogens is 170 g/mol. The summed E-state index contributed by atoms with van der Waals surface area (Å²) in [6.45, 7) is 4.21. The quantitative estimate of drug-likeness (QED) is 0.650. The Kier molecular flexibility index (Phi) is 9.59. The second-order valence-corrected chi connectivity index (χ2v) is 2.75. The molecule has 0 aliphatic carbocycles. The van der Waals surface area contributed by atoms with Crippen LogP contribution < -0.4 is 0 Å². The number of phenolic OH excluding ortho intramolecular Hbond substituents is 1. The average molecular weight is 184 g/mol. The molecule has 0 aliphatic rings. The standard InChI is InChI=1S/C9H12O.2Na.2H/c1-7(2)8-4-3-5-9(10)6-8;;;;/h3-7,10H,1-2H3;;;;. The summed E-state index contributed by atoms with van der Waals surface area (Å²) >= 11 is 0. The summed E-state index contributed by atoms with van der Waals surface area (Å²) in [5.74, 6) is 0.846.